The Morgan fingerprint density at radius 1 is 1.20 bits per heavy atom. The van der Waals surface area contributed by atoms with Crippen LogP contribution < -0.4 is 0 Å². The highest BCUT2D eigenvalue weighted by molar-refractivity contribution is 8.40. The maximum atomic E-state index is 10.9. The number of ether oxygens (including phenoxy) is 1. The Morgan fingerprint density at radius 2 is 1.67 bits per heavy atom. The van der Waals surface area contributed by atoms with E-state index in [1.54, 1.807) is 0 Å². The summed E-state index contributed by atoms with van der Waals surface area (Å²) >= 11 is 13.5. The van der Waals surface area contributed by atoms with Crippen LogP contribution in [0.4, 0.5) is 0 Å². The quantitative estimate of drug-likeness (QED) is 0.579. The molecule has 0 aliphatic rings. The summed E-state index contributed by atoms with van der Waals surface area (Å²) in [6.45, 7) is 5.57. The smallest absolute Gasteiger partial charge is 0.307 e. The van der Waals surface area contributed by atoms with Gasteiger partial charge in [0.15, 0.2) is 0 Å². The van der Waals surface area contributed by atoms with Crippen LogP contribution in [0.2, 0.25) is 0 Å². The number of carbonyl (C=O) groups excluding carboxylic acids is 1. The van der Waals surface area contributed by atoms with E-state index < -0.39 is 0 Å². The fourth-order valence-corrected chi connectivity index (χ4v) is 1.08. The molecule has 0 bridgehead atoms. The molecule has 0 aromatic carbocycles. The Kier molecular flexibility index (Phi) is 14.1. The Bertz CT molecular complexity index is 222. The molecule has 0 rings (SSSR count). The summed E-state index contributed by atoms with van der Waals surface area (Å²) in [6, 6.07) is 0. The lowest BCUT2D eigenvalue weighted by molar-refractivity contribution is -0.154. The Morgan fingerprint density at radius 3 is 1.93 bits per heavy atom. The summed E-state index contributed by atoms with van der Waals surface area (Å²) in [6.07, 6.45) is 1.15. The lowest BCUT2D eigenvalue weighted by Gasteiger charge is -2.18. The van der Waals surface area contributed by atoms with Gasteiger partial charge >= 0.3 is 5.97 Å². The van der Waals surface area contributed by atoms with Crippen LogP contribution in [-0.4, -0.2) is 17.7 Å². The van der Waals surface area contributed by atoms with Crippen molar-refractivity contribution in [3.8, 4) is 0 Å². The number of carbonyl (C=O) groups is 1. The number of esters is 1. The van der Waals surface area contributed by atoms with Crippen LogP contribution in [0.1, 0.15) is 27.2 Å². The van der Waals surface area contributed by atoms with E-state index in [1.165, 1.54) is 0 Å². The second-order valence-electron chi connectivity index (χ2n) is 3.35. The zero-order chi connectivity index (χ0) is 12.3. The summed E-state index contributed by atoms with van der Waals surface area (Å²) in [5, 5.41) is 0. The molecule has 8 heteroatoms. The van der Waals surface area contributed by atoms with Gasteiger partial charge in [0.1, 0.15) is 5.60 Å². The van der Waals surface area contributed by atoms with Crippen LogP contribution in [0.15, 0.2) is 0 Å². The van der Waals surface area contributed by atoms with E-state index in [0.717, 1.165) is 21.4 Å². The van der Waals surface area contributed by atoms with E-state index in [2.05, 4.69) is 35.4 Å². The molecule has 0 radical (unpaired) electrons. The van der Waals surface area contributed by atoms with Gasteiger partial charge in [0.2, 0.25) is 0 Å². The van der Waals surface area contributed by atoms with Crippen molar-refractivity contribution < 1.29 is 9.53 Å². The molecular formula is C7H13O2P3S3. The molecule has 0 heterocycles. The highest BCUT2D eigenvalue weighted by Gasteiger charge is 2.14. The van der Waals surface area contributed by atoms with Gasteiger partial charge in [-0.1, -0.05) is 11.8 Å². The lowest BCUT2D eigenvalue weighted by Crippen LogP contribution is -2.23. The second kappa shape index (κ2) is 11.5. The number of hydrogen-bond donors (Lipinski definition) is 0. The van der Waals surface area contributed by atoms with Gasteiger partial charge in [-0.2, -0.15) is 0 Å². The predicted molar refractivity (Wildman–Crippen MR) is 78.2 cm³/mol. The normalized spacial score (nSPS) is 10.9. The van der Waals surface area contributed by atoms with Crippen molar-refractivity contribution in [1.29, 1.82) is 0 Å². The third-order valence-electron chi connectivity index (χ3n) is 0.861. The highest BCUT2D eigenvalue weighted by atomic mass is 32.7. The Hall–Kier alpha value is 1.03. The van der Waals surface area contributed by atoms with Crippen LogP contribution in [0.3, 0.4) is 0 Å². The summed E-state index contributed by atoms with van der Waals surface area (Å²) in [5.74, 6) is -0.158. The third kappa shape index (κ3) is 21.0. The van der Waals surface area contributed by atoms with E-state index in [9.17, 15) is 4.79 Å². The second-order valence-corrected chi connectivity index (χ2v) is 9.08. The molecule has 0 unspecified atom stereocenters. The molecule has 15 heavy (non-hydrogen) atoms. The molecule has 0 fully saturated rings. The molecule has 0 aromatic rings. The summed E-state index contributed by atoms with van der Waals surface area (Å²) in [7, 11) is 2.57. The van der Waals surface area contributed by atoms with Gasteiger partial charge in [-0.25, -0.2) is 0 Å². The van der Waals surface area contributed by atoms with Gasteiger partial charge in [0.25, 0.3) is 0 Å². The van der Waals surface area contributed by atoms with Crippen molar-refractivity contribution in [3.63, 3.8) is 0 Å². The molecule has 0 aromatic heterocycles. The maximum absolute atomic E-state index is 10.9. The molecule has 0 saturated heterocycles. The first-order valence-corrected chi connectivity index (χ1v) is 10.6. The maximum Gasteiger partial charge on any atom is 0.307 e. The summed E-state index contributed by atoms with van der Waals surface area (Å²) in [4.78, 5) is 10.9. The molecule has 2 nitrogen and oxygen atoms in total. The monoisotopic (exact) mass is 318 g/mol. The fourth-order valence-electron chi connectivity index (χ4n) is 0.529. The molecule has 0 atom stereocenters. The third-order valence-corrected chi connectivity index (χ3v) is 4.48. The van der Waals surface area contributed by atoms with Gasteiger partial charge in [-0.05, 0) is 51.7 Å². The first kappa shape index (κ1) is 18.4. The average molecular weight is 318 g/mol. The molecule has 0 amide bonds. The molecular weight excluding hydrogens is 305 g/mol. The lowest BCUT2D eigenvalue weighted by atomic mass is 10.2. The predicted octanol–water partition coefficient (Wildman–Crippen LogP) is 3.84. The van der Waals surface area contributed by atoms with E-state index >= 15 is 0 Å². The summed E-state index contributed by atoms with van der Waals surface area (Å²) in [5.41, 5.74) is -0.366. The highest BCUT2D eigenvalue weighted by Crippen LogP contribution is 2.10. The van der Waals surface area contributed by atoms with Crippen LogP contribution >= 0.6 is 21.4 Å². The van der Waals surface area contributed by atoms with Gasteiger partial charge in [-0.3, -0.25) is 4.79 Å². The zero-order valence-corrected chi connectivity index (χ0v) is 13.9. The van der Waals surface area contributed by atoms with Crippen molar-refractivity contribution in [2.45, 2.75) is 32.8 Å². The van der Waals surface area contributed by atoms with Crippen molar-refractivity contribution in [1.82, 2.24) is 0 Å². The van der Waals surface area contributed by atoms with E-state index in [-0.39, 0.29) is 11.6 Å². The molecule has 0 spiro atoms. The van der Waals surface area contributed by atoms with Gasteiger partial charge in [0, 0.05) is 20.3 Å². The van der Waals surface area contributed by atoms with Gasteiger partial charge in [-0.15, -0.1) is 0 Å². The molecule has 0 N–H and O–H groups in total. The minimum Gasteiger partial charge on any atom is -0.460 e. The molecule has 86 valence electrons. The van der Waals surface area contributed by atoms with Crippen molar-refractivity contribution in [2.24, 2.45) is 0 Å². The van der Waals surface area contributed by atoms with Crippen LogP contribution in [-0.2, 0) is 45.0 Å². The first-order chi connectivity index (χ1) is 6.87. The Balaban J connectivity index is 0. The van der Waals surface area contributed by atoms with Gasteiger partial charge in [0.05, 0.1) is 6.42 Å². The van der Waals surface area contributed by atoms with Crippen molar-refractivity contribution in [3.05, 3.63) is 0 Å². The van der Waals surface area contributed by atoms with Crippen LogP contribution in [0.25, 0.3) is 0 Å². The van der Waals surface area contributed by atoms with Crippen molar-refractivity contribution >= 4 is 62.8 Å². The van der Waals surface area contributed by atoms with Crippen molar-refractivity contribution in [2.75, 3.05) is 6.16 Å². The van der Waals surface area contributed by atoms with E-state index in [0.29, 0.717) is 12.6 Å². The standard InChI is InChI=1S/C7H13O2PS.P2S2/c1-7(2,3)9-6(8)4-5-10-11;3-1-2-4/h4-5H2,1-3H3;. The fraction of sp³-hybridized carbons (Fsp3) is 0.857. The largest absolute Gasteiger partial charge is 0.460 e. The van der Waals surface area contributed by atoms with Crippen LogP contribution in [0, 0.1) is 0 Å². The number of hydrogen-bond acceptors (Lipinski definition) is 5. The number of rotatable bonds is 4. The average Bonchev–Trinajstić information content (AvgIpc) is 2.12. The zero-order valence-electron chi connectivity index (χ0n) is 8.80. The minimum atomic E-state index is -0.366. The molecule has 0 saturated carbocycles. The van der Waals surface area contributed by atoms with Gasteiger partial charge < -0.3 is 4.74 Å². The first-order valence-electron chi connectivity index (χ1n) is 4.03. The topological polar surface area (TPSA) is 26.3 Å². The van der Waals surface area contributed by atoms with E-state index in [1.807, 2.05) is 20.8 Å². The molecule has 0 aliphatic carbocycles. The summed E-state index contributed by atoms with van der Waals surface area (Å²) < 4.78 is 5.05. The minimum absolute atomic E-state index is 0.158. The van der Waals surface area contributed by atoms with E-state index in [4.69, 9.17) is 4.74 Å². The SMILES string of the molecule is CC(C)(C)OC(=O)CCP=S.S=PP=S. The van der Waals surface area contributed by atoms with Crippen LogP contribution in [0.5, 0.6) is 0 Å². The Labute approximate surface area is 111 Å². The molecule has 0 aliphatic heterocycles.